The molecule has 2 rings (SSSR count). The Bertz CT molecular complexity index is 615. The van der Waals surface area contributed by atoms with E-state index in [0.717, 1.165) is 26.9 Å². The number of halogens is 2. The van der Waals surface area contributed by atoms with Crippen LogP contribution in [0.1, 0.15) is 29.7 Å². The zero-order chi connectivity index (χ0) is 14.7. The van der Waals surface area contributed by atoms with E-state index in [0.29, 0.717) is 6.61 Å². The SMILES string of the molecule is CCOc1ccc(Br)cc1C(N)c1cc(F)ccc1C. The first-order chi connectivity index (χ1) is 9.52. The molecule has 2 aromatic rings. The van der Waals surface area contributed by atoms with Gasteiger partial charge < -0.3 is 10.5 Å². The highest BCUT2D eigenvalue weighted by Gasteiger charge is 2.17. The van der Waals surface area contributed by atoms with Gasteiger partial charge in [0.25, 0.3) is 0 Å². The molecule has 0 radical (unpaired) electrons. The maximum atomic E-state index is 13.5. The van der Waals surface area contributed by atoms with Crippen LogP contribution in [-0.2, 0) is 0 Å². The summed E-state index contributed by atoms with van der Waals surface area (Å²) in [5.41, 5.74) is 8.89. The van der Waals surface area contributed by atoms with Crippen molar-refractivity contribution >= 4 is 15.9 Å². The molecule has 2 nitrogen and oxygen atoms in total. The lowest BCUT2D eigenvalue weighted by Crippen LogP contribution is -2.15. The van der Waals surface area contributed by atoms with Gasteiger partial charge in [-0.05, 0) is 55.3 Å². The quantitative estimate of drug-likeness (QED) is 0.900. The molecule has 0 heterocycles. The van der Waals surface area contributed by atoms with E-state index in [1.807, 2.05) is 32.0 Å². The number of nitrogens with two attached hydrogens (primary N) is 1. The number of ether oxygens (including phenoxy) is 1. The van der Waals surface area contributed by atoms with Crippen LogP contribution in [0.5, 0.6) is 5.75 Å². The van der Waals surface area contributed by atoms with E-state index in [2.05, 4.69) is 15.9 Å². The molecule has 4 heteroatoms. The van der Waals surface area contributed by atoms with E-state index in [1.165, 1.54) is 12.1 Å². The maximum absolute atomic E-state index is 13.5. The van der Waals surface area contributed by atoms with Gasteiger partial charge in [-0.3, -0.25) is 0 Å². The van der Waals surface area contributed by atoms with E-state index in [9.17, 15) is 4.39 Å². The fourth-order valence-electron chi connectivity index (χ4n) is 2.16. The zero-order valence-electron chi connectivity index (χ0n) is 11.5. The topological polar surface area (TPSA) is 35.2 Å². The van der Waals surface area contributed by atoms with Crippen LogP contribution in [-0.4, -0.2) is 6.61 Å². The summed E-state index contributed by atoms with van der Waals surface area (Å²) >= 11 is 3.44. The van der Waals surface area contributed by atoms with Crippen molar-refractivity contribution in [2.75, 3.05) is 6.61 Å². The van der Waals surface area contributed by atoms with Gasteiger partial charge in [-0.15, -0.1) is 0 Å². The highest BCUT2D eigenvalue weighted by molar-refractivity contribution is 9.10. The highest BCUT2D eigenvalue weighted by atomic mass is 79.9. The van der Waals surface area contributed by atoms with E-state index in [4.69, 9.17) is 10.5 Å². The van der Waals surface area contributed by atoms with Crippen LogP contribution < -0.4 is 10.5 Å². The Hall–Kier alpha value is -1.39. The molecule has 1 unspecified atom stereocenters. The minimum Gasteiger partial charge on any atom is -0.494 e. The molecule has 0 saturated carbocycles. The van der Waals surface area contributed by atoms with Gasteiger partial charge in [-0.1, -0.05) is 22.0 Å². The summed E-state index contributed by atoms with van der Waals surface area (Å²) in [6, 6.07) is 9.93. The van der Waals surface area contributed by atoms with Crippen molar-refractivity contribution in [1.29, 1.82) is 0 Å². The Balaban J connectivity index is 2.49. The van der Waals surface area contributed by atoms with Crippen LogP contribution >= 0.6 is 15.9 Å². The fraction of sp³-hybridized carbons (Fsp3) is 0.250. The van der Waals surface area contributed by atoms with Gasteiger partial charge >= 0.3 is 0 Å². The normalized spacial score (nSPS) is 12.2. The minimum atomic E-state index is -0.426. The van der Waals surface area contributed by atoms with Crippen LogP contribution in [0.25, 0.3) is 0 Å². The van der Waals surface area contributed by atoms with Gasteiger partial charge in [0.05, 0.1) is 12.6 Å². The van der Waals surface area contributed by atoms with Crippen molar-refractivity contribution in [3.8, 4) is 5.75 Å². The smallest absolute Gasteiger partial charge is 0.124 e. The summed E-state index contributed by atoms with van der Waals surface area (Å²) in [5.74, 6) is 0.445. The molecule has 0 aliphatic heterocycles. The molecule has 106 valence electrons. The molecular weight excluding hydrogens is 321 g/mol. The second kappa shape index (κ2) is 6.37. The Labute approximate surface area is 126 Å². The van der Waals surface area contributed by atoms with E-state index in [1.54, 1.807) is 6.07 Å². The van der Waals surface area contributed by atoms with Gasteiger partial charge in [0.2, 0.25) is 0 Å². The van der Waals surface area contributed by atoms with Crippen LogP contribution in [0.4, 0.5) is 4.39 Å². The second-order valence-electron chi connectivity index (χ2n) is 4.59. The van der Waals surface area contributed by atoms with Gasteiger partial charge in [-0.2, -0.15) is 0 Å². The summed E-state index contributed by atoms with van der Waals surface area (Å²) in [5, 5.41) is 0. The Morgan fingerprint density at radius 2 is 1.95 bits per heavy atom. The number of hydrogen-bond donors (Lipinski definition) is 1. The lowest BCUT2D eigenvalue weighted by atomic mass is 9.95. The summed E-state index contributed by atoms with van der Waals surface area (Å²) in [4.78, 5) is 0. The summed E-state index contributed by atoms with van der Waals surface area (Å²) in [7, 11) is 0. The molecule has 0 spiro atoms. The van der Waals surface area contributed by atoms with Crippen LogP contribution in [0.3, 0.4) is 0 Å². The summed E-state index contributed by atoms with van der Waals surface area (Å²) in [6.45, 7) is 4.40. The number of benzene rings is 2. The third-order valence-corrected chi connectivity index (χ3v) is 3.68. The van der Waals surface area contributed by atoms with Gasteiger partial charge in [-0.25, -0.2) is 4.39 Å². The Kier molecular flexibility index (Phi) is 4.78. The van der Waals surface area contributed by atoms with Crippen molar-refractivity contribution in [2.45, 2.75) is 19.9 Å². The van der Waals surface area contributed by atoms with E-state index >= 15 is 0 Å². The number of rotatable bonds is 4. The lowest BCUT2D eigenvalue weighted by Gasteiger charge is -2.19. The van der Waals surface area contributed by atoms with E-state index < -0.39 is 6.04 Å². The van der Waals surface area contributed by atoms with Gasteiger partial charge in [0, 0.05) is 10.0 Å². The summed E-state index contributed by atoms with van der Waals surface area (Å²) in [6.07, 6.45) is 0. The van der Waals surface area contributed by atoms with Gasteiger partial charge in [0.15, 0.2) is 0 Å². The molecule has 0 aliphatic rings. The largest absolute Gasteiger partial charge is 0.494 e. The average Bonchev–Trinajstić information content (AvgIpc) is 2.43. The van der Waals surface area contributed by atoms with Crippen molar-refractivity contribution in [2.24, 2.45) is 5.73 Å². The molecule has 1 atom stereocenters. The molecule has 2 N–H and O–H groups in total. The third-order valence-electron chi connectivity index (χ3n) is 3.18. The molecule has 0 aliphatic carbocycles. The average molecular weight is 338 g/mol. The van der Waals surface area contributed by atoms with Crippen molar-refractivity contribution in [3.63, 3.8) is 0 Å². The minimum absolute atomic E-state index is 0.283. The first kappa shape index (κ1) is 15.0. The molecule has 0 amide bonds. The second-order valence-corrected chi connectivity index (χ2v) is 5.51. The monoisotopic (exact) mass is 337 g/mol. The van der Waals surface area contributed by atoms with Crippen molar-refractivity contribution in [1.82, 2.24) is 0 Å². The first-order valence-electron chi connectivity index (χ1n) is 6.46. The fourth-order valence-corrected chi connectivity index (χ4v) is 2.54. The number of hydrogen-bond acceptors (Lipinski definition) is 2. The summed E-state index contributed by atoms with van der Waals surface area (Å²) < 4.78 is 20.0. The van der Waals surface area contributed by atoms with Crippen molar-refractivity contribution < 1.29 is 9.13 Å². The van der Waals surface area contributed by atoms with Crippen LogP contribution in [0, 0.1) is 12.7 Å². The molecule has 0 saturated heterocycles. The third kappa shape index (κ3) is 3.19. The van der Waals surface area contributed by atoms with Crippen molar-refractivity contribution in [3.05, 3.63) is 63.4 Å². The highest BCUT2D eigenvalue weighted by Crippen LogP contribution is 2.32. The Morgan fingerprint density at radius 1 is 1.20 bits per heavy atom. The zero-order valence-corrected chi connectivity index (χ0v) is 13.1. The van der Waals surface area contributed by atoms with Crippen LogP contribution in [0.15, 0.2) is 40.9 Å². The number of aryl methyl sites for hydroxylation is 1. The van der Waals surface area contributed by atoms with Crippen LogP contribution in [0.2, 0.25) is 0 Å². The molecule has 2 aromatic carbocycles. The predicted octanol–water partition coefficient (Wildman–Crippen LogP) is 4.34. The molecular formula is C16H17BrFNO. The predicted molar refractivity (Wildman–Crippen MR) is 82.5 cm³/mol. The first-order valence-corrected chi connectivity index (χ1v) is 7.26. The Morgan fingerprint density at radius 3 is 2.65 bits per heavy atom. The van der Waals surface area contributed by atoms with Gasteiger partial charge in [0.1, 0.15) is 11.6 Å². The molecule has 0 fully saturated rings. The maximum Gasteiger partial charge on any atom is 0.124 e. The molecule has 0 aromatic heterocycles. The lowest BCUT2D eigenvalue weighted by molar-refractivity contribution is 0.335. The van der Waals surface area contributed by atoms with E-state index in [-0.39, 0.29) is 5.82 Å². The molecule has 0 bridgehead atoms. The standard InChI is InChI=1S/C16H17BrFNO/c1-3-20-15-7-5-11(17)8-14(15)16(19)13-9-12(18)6-4-10(13)2/h4-9,16H,3,19H2,1-2H3. The molecule has 20 heavy (non-hydrogen) atoms.